The van der Waals surface area contributed by atoms with E-state index < -0.39 is 0 Å². The largest absolute Gasteiger partial charge is 0.489 e. The van der Waals surface area contributed by atoms with Gasteiger partial charge in [0.25, 0.3) is 5.56 Å². The van der Waals surface area contributed by atoms with E-state index in [0.717, 1.165) is 42.1 Å². The summed E-state index contributed by atoms with van der Waals surface area (Å²) < 4.78 is 9.56. The zero-order chi connectivity index (χ0) is 21.4. The number of halogens is 1. The van der Waals surface area contributed by atoms with Crippen LogP contribution in [0.5, 0.6) is 5.75 Å². The summed E-state index contributed by atoms with van der Waals surface area (Å²) in [6, 6.07) is 17.7. The van der Waals surface area contributed by atoms with Gasteiger partial charge in [0, 0.05) is 50.1 Å². The van der Waals surface area contributed by atoms with Gasteiger partial charge in [0.2, 0.25) is 0 Å². The first-order valence-electron chi connectivity index (χ1n) is 10.7. The van der Waals surface area contributed by atoms with Gasteiger partial charge in [0.15, 0.2) is 0 Å². The van der Waals surface area contributed by atoms with Crippen molar-refractivity contribution in [3.8, 4) is 11.4 Å². The Morgan fingerprint density at radius 1 is 1.06 bits per heavy atom. The SMILES string of the molecule is CC(C)N1CCc2nc3cc(-n4ccc(OCc5ccccc5)cc4=O)ccn3c2C1.Cl. The van der Waals surface area contributed by atoms with Crippen LogP contribution >= 0.6 is 12.4 Å². The lowest BCUT2D eigenvalue weighted by Crippen LogP contribution is -2.36. The minimum absolute atomic E-state index is 0. The van der Waals surface area contributed by atoms with Crippen LogP contribution in [0, 0.1) is 0 Å². The third-order valence-corrected chi connectivity index (χ3v) is 5.93. The fraction of sp³-hybridized carbons (Fsp3) is 0.280. The van der Waals surface area contributed by atoms with Crippen molar-refractivity contribution in [2.75, 3.05) is 6.54 Å². The van der Waals surface area contributed by atoms with Gasteiger partial charge in [-0.3, -0.25) is 14.3 Å². The van der Waals surface area contributed by atoms with Crippen LogP contribution in [0.15, 0.2) is 71.8 Å². The summed E-state index contributed by atoms with van der Waals surface area (Å²) in [5, 5.41) is 0. The highest BCUT2D eigenvalue weighted by atomic mass is 35.5. The molecule has 6 nitrogen and oxygen atoms in total. The second-order valence-electron chi connectivity index (χ2n) is 8.28. The predicted molar refractivity (Wildman–Crippen MR) is 128 cm³/mol. The number of fused-ring (bicyclic) bond motifs is 3. The maximum absolute atomic E-state index is 12.7. The predicted octanol–water partition coefficient (Wildman–Crippen LogP) is 4.25. The molecule has 7 heteroatoms. The van der Waals surface area contributed by atoms with Crippen LogP contribution in [-0.4, -0.2) is 31.4 Å². The van der Waals surface area contributed by atoms with E-state index in [1.54, 1.807) is 10.8 Å². The lowest BCUT2D eigenvalue weighted by Gasteiger charge is -2.29. The van der Waals surface area contributed by atoms with E-state index in [9.17, 15) is 4.79 Å². The molecular formula is C25H27ClN4O2. The third-order valence-electron chi connectivity index (χ3n) is 5.93. The first-order chi connectivity index (χ1) is 15.1. The highest BCUT2D eigenvalue weighted by Gasteiger charge is 2.23. The number of hydrogen-bond acceptors (Lipinski definition) is 4. The van der Waals surface area contributed by atoms with Crippen molar-refractivity contribution in [3.05, 3.63) is 94.3 Å². The Labute approximate surface area is 193 Å². The van der Waals surface area contributed by atoms with Crippen LogP contribution in [0.25, 0.3) is 11.3 Å². The summed E-state index contributed by atoms with van der Waals surface area (Å²) in [7, 11) is 0. The van der Waals surface area contributed by atoms with Gasteiger partial charge in [-0.1, -0.05) is 30.3 Å². The van der Waals surface area contributed by atoms with E-state index in [2.05, 4.69) is 23.1 Å². The monoisotopic (exact) mass is 450 g/mol. The molecule has 3 aromatic heterocycles. The number of imidazole rings is 1. The number of aromatic nitrogens is 3. The van der Waals surface area contributed by atoms with Crippen LogP contribution in [0.3, 0.4) is 0 Å². The number of pyridine rings is 2. The molecule has 166 valence electrons. The molecule has 0 spiro atoms. The quantitative estimate of drug-likeness (QED) is 0.456. The molecule has 1 aliphatic heterocycles. The zero-order valence-electron chi connectivity index (χ0n) is 18.3. The molecule has 0 radical (unpaired) electrons. The number of hydrogen-bond donors (Lipinski definition) is 0. The molecule has 1 aromatic carbocycles. The van der Waals surface area contributed by atoms with Gasteiger partial charge in [-0.15, -0.1) is 12.4 Å². The second-order valence-corrected chi connectivity index (χ2v) is 8.28. The van der Waals surface area contributed by atoms with Crippen LogP contribution in [0.1, 0.15) is 30.8 Å². The fourth-order valence-corrected chi connectivity index (χ4v) is 4.12. The van der Waals surface area contributed by atoms with Gasteiger partial charge in [-0.2, -0.15) is 0 Å². The van der Waals surface area contributed by atoms with Crippen molar-refractivity contribution >= 4 is 18.1 Å². The summed E-state index contributed by atoms with van der Waals surface area (Å²) in [5.41, 5.74) is 5.03. The van der Waals surface area contributed by atoms with Gasteiger partial charge < -0.3 is 9.14 Å². The van der Waals surface area contributed by atoms with Gasteiger partial charge in [0.1, 0.15) is 18.0 Å². The van der Waals surface area contributed by atoms with Crippen molar-refractivity contribution in [1.82, 2.24) is 18.9 Å². The Morgan fingerprint density at radius 3 is 2.62 bits per heavy atom. The van der Waals surface area contributed by atoms with Crippen LogP contribution in [0.2, 0.25) is 0 Å². The highest BCUT2D eigenvalue weighted by molar-refractivity contribution is 5.85. The Hall–Kier alpha value is -3.09. The van der Waals surface area contributed by atoms with Crippen LogP contribution < -0.4 is 10.3 Å². The molecular weight excluding hydrogens is 424 g/mol. The lowest BCUT2D eigenvalue weighted by atomic mass is 10.1. The molecule has 0 aliphatic carbocycles. The fourth-order valence-electron chi connectivity index (χ4n) is 4.12. The van der Waals surface area contributed by atoms with Crippen LogP contribution in [0.4, 0.5) is 0 Å². The molecule has 0 saturated carbocycles. The van der Waals surface area contributed by atoms with E-state index in [1.807, 2.05) is 54.7 Å². The third kappa shape index (κ3) is 4.29. The maximum atomic E-state index is 12.7. The normalized spacial score (nSPS) is 13.7. The maximum Gasteiger partial charge on any atom is 0.258 e. The molecule has 4 aromatic rings. The van der Waals surface area contributed by atoms with E-state index in [0.29, 0.717) is 18.4 Å². The summed E-state index contributed by atoms with van der Waals surface area (Å²) in [5.74, 6) is 0.566. The van der Waals surface area contributed by atoms with E-state index >= 15 is 0 Å². The molecule has 32 heavy (non-hydrogen) atoms. The summed E-state index contributed by atoms with van der Waals surface area (Å²) in [4.78, 5) is 20.1. The number of benzene rings is 1. The Bertz CT molecular complexity index is 1280. The highest BCUT2D eigenvalue weighted by Crippen LogP contribution is 2.23. The van der Waals surface area contributed by atoms with Gasteiger partial charge >= 0.3 is 0 Å². The summed E-state index contributed by atoms with van der Waals surface area (Å²) in [6.45, 7) is 6.83. The van der Waals surface area contributed by atoms with E-state index in [1.165, 1.54) is 11.8 Å². The molecule has 0 atom stereocenters. The number of ether oxygens (including phenoxy) is 1. The van der Waals surface area contributed by atoms with Crippen molar-refractivity contribution < 1.29 is 4.74 Å². The topological polar surface area (TPSA) is 51.8 Å². The second kappa shape index (κ2) is 9.18. The number of nitrogens with zero attached hydrogens (tertiary/aromatic N) is 4. The average Bonchev–Trinajstić information content (AvgIpc) is 3.15. The first kappa shape index (κ1) is 22.1. The Kier molecular flexibility index (Phi) is 6.35. The van der Waals surface area contributed by atoms with Gasteiger partial charge in [-0.05, 0) is 31.5 Å². The standard InChI is InChI=1S/C25H26N4O2.ClH/c1-18(2)27-11-10-22-23(16-27)29-12-8-20(14-24(29)26-22)28-13-9-21(15-25(28)30)31-17-19-6-4-3-5-7-19;/h3-9,12-15,18H,10-11,16-17H2,1-2H3;1H. The van der Waals surface area contributed by atoms with Crippen molar-refractivity contribution in [1.29, 1.82) is 0 Å². The lowest BCUT2D eigenvalue weighted by molar-refractivity contribution is 0.199. The first-order valence-corrected chi connectivity index (χ1v) is 10.7. The van der Waals surface area contributed by atoms with Crippen LogP contribution in [-0.2, 0) is 19.6 Å². The molecule has 0 unspecified atom stereocenters. The smallest absolute Gasteiger partial charge is 0.258 e. The zero-order valence-corrected chi connectivity index (χ0v) is 19.1. The van der Waals surface area contributed by atoms with E-state index in [-0.39, 0.29) is 18.0 Å². The van der Waals surface area contributed by atoms with Crippen molar-refractivity contribution in [2.45, 2.75) is 39.5 Å². The Morgan fingerprint density at radius 2 is 1.88 bits per heavy atom. The van der Waals surface area contributed by atoms with Crippen molar-refractivity contribution in [2.24, 2.45) is 0 Å². The molecule has 0 bridgehead atoms. The summed E-state index contributed by atoms with van der Waals surface area (Å²) in [6.07, 6.45) is 4.74. The molecule has 1 aliphatic rings. The van der Waals surface area contributed by atoms with Gasteiger partial charge in [0.05, 0.1) is 17.1 Å². The Balaban J connectivity index is 0.00000245. The molecule has 0 N–H and O–H groups in total. The molecule has 5 rings (SSSR count). The van der Waals surface area contributed by atoms with Gasteiger partial charge in [-0.25, -0.2) is 4.98 Å². The molecule has 0 fully saturated rings. The molecule has 4 heterocycles. The number of rotatable bonds is 5. The average molecular weight is 451 g/mol. The summed E-state index contributed by atoms with van der Waals surface area (Å²) >= 11 is 0. The van der Waals surface area contributed by atoms with Crippen molar-refractivity contribution in [3.63, 3.8) is 0 Å². The minimum atomic E-state index is -0.128. The molecule has 0 amide bonds. The molecule has 0 saturated heterocycles. The van der Waals surface area contributed by atoms with E-state index in [4.69, 9.17) is 9.72 Å². The minimum Gasteiger partial charge on any atom is -0.489 e.